The van der Waals surface area contributed by atoms with E-state index in [0.717, 1.165) is 20.9 Å². The molecule has 2 aromatic carbocycles. The van der Waals surface area contributed by atoms with Crippen molar-refractivity contribution in [2.75, 3.05) is 7.11 Å². The standard InChI is InChI=1S/C25H25BrN4O3/c1-15(23(32)33-5)29-14-16(18-8-6-7-9-21(18)29)13-27-30-22(31)19-12-17(26)10-11-20(19)28-24(30)25(2,3)4/h6-15H,1-5H3/t15-/m0/s1. The Kier molecular flexibility index (Phi) is 5.97. The lowest BCUT2D eigenvalue weighted by molar-refractivity contribution is -0.143. The maximum Gasteiger partial charge on any atom is 0.328 e. The highest BCUT2D eigenvalue weighted by atomic mass is 79.9. The monoisotopic (exact) mass is 508 g/mol. The Morgan fingerprint density at radius 1 is 1.18 bits per heavy atom. The van der Waals surface area contributed by atoms with Crippen LogP contribution in [0.4, 0.5) is 0 Å². The van der Waals surface area contributed by atoms with Gasteiger partial charge in [0, 0.05) is 32.6 Å². The summed E-state index contributed by atoms with van der Waals surface area (Å²) in [6, 6.07) is 12.7. The summed E-state index contributed by atoms with van der Waals surface area (Å²) in [5.74, 6) is 0.222. The van der Waals surface area contributed by atoms with Gasteiger partial charge in [-0.1, -0.05) is 54.9 Å². The number of methoxy groups -OCH3 is 1. The lowest BCUT2D eigenvalue weighted by atomic mass is 9.95. The minimum absolute atomic E-state index is 0.242. The molecule has 0 aliphatic carbocycles. The number of aromatic nitrogens is 3. The Labute approximate surface area is 199 Å². The minimum Gasteiger partial charge on any atom is -0.467 e. The number of ether oxygens (including phenoxy) is 1. The second-order valence-electron chi connectivity index (χ2n) is 8.92. The van der Waals surface area contributed by atoms with Crippen molar-refractivity contribution in [3.05, 3.63) is 74.9 Å². The van der Waals surface area contributed by atoms with Crippen LogP contribution < -0.4 is 5.56 Å². The summed E-state index contributed by atoms with van der Waals surface area (Å²) in [7, 11) is 1.37. The van der Waals surface area contributed by atoms with Crippen molar-refractivity contribution in [2.45, 2.75) is 39.2 Å². The molecule has 7 nitrogen and oxygen atoms in total. The fourth-order valence-electron chi connectivity index (χ4n) is 3.80. The number of halogens is 1. The molecule has 0 aliphatic heterocycles. The van der Waals surface area contributed by atoms with Gasteiger partial charge in [0.15, 0.2) is 0 Å². The first kappa shape index (κ1) is 22.9. The number of esters is 1. The molecule has 2 aromatic heterocycles. The van der Waals surface area contributed by atoms with Crippen LogP contribution in [0.3, 0.4) is 0 Å². The van der Waals surface area contributed by atoms with Gasteiger partial charge in [0.1, 0.15) is 11.9 Å². The zero-order chi connectivity index (χ0) is 23.9. The van der Waals surface area contributed by atoms with E-state index in [1.807, 2.05) is 67.9 Å². The van der Waals surface area contributed by atoms with Crippen molar-refractivity contribution in [2.24, 2.45) is 5.10 Å². The smallest absolute Gasteiger partial charge is 0.328 e. The predicted molar refractivity (Wildman–Crippen MR) is 134 cm³/mol. The van der Waals surface area contributed by atoms with Gasteiger partial charge in [-0.05, 0) is 31.2 Å². The summed E-state index contributed by atoms with van der Waals surface area (Å²) >= 11 is 3.43. The third-order valence-corrected chi connectivity index (χ3v) is 6.02. The summed E-state index contributed by atoms with van der Waals surface area (Å²) in [6.45, 7) is 7.77. The van der Waals surface area contributed by atoms with E-state index in [1.165, 1.54) is 11.8 Å². The Morgan fingerprint density at radius 3 is 2.61 bits per heavy atom. The van der Waals surface area contributed by atoms with Crippen molar-refractivity contribution in [3.8, 4) is 0 Å². The van der Waals surface area contributed by atoms with Crippen LogP contribution in [0.25, 0.3) is 21.8 Å². The number of hydrogen-bond donors (Lipinski definition) is 0. The van der Waals surface area contributed by atoms with Crippen molar-refractivity contribution in [3.63, 3.8) is 0 Å². The summed E-state index contributed by atoms with van der Waals surface area (Å²) in [6.07, 6.45) is 3.49. The molecule has 4 aromatic rings. The molecule has 0 spiro atoms. The van der Waals surface area contributed by atoms with Crippen LogP contribution in [0.5, 0.6) is 0 Å². The van der Waals surface area contributed by atoms with Crippen LogP contribution in [0.1, 0.15) is 45.1 Å². The Balaban J connectivity index is 1.91. The third kappa shape index (κ3) is 4.23. The van der Waals surface area contributed by atoms with Crippen molar-refractivity contribution in [1.82, 2.24) is 14.2 Å². The molecule has 0 N–H and O–H groups in total. The molecule has 0 bridgehead atoms. The molecule has 8 heteroatoms. The van der Waals surface area contributed by atoms with Crippen molar-refractivity contribution in [1.29, 1.82) is 0 Å². The van der Waals surface area contributed by atoms with Crippen LogP contribution in [-0.4, -0.2) is 33.5 Å². The lowest BCUT2D eigenvalue weighted by Crippen LogP contribution is -2.29. The van der Waals surface area contributed by atoms with Gasteiger partial charge in [-0.3, -0.25) is 4.79 Å². The van der Waals surface area contributed by atoms with E-state index in [9.17, 15) is 9.59 Å². The van der Waals surface area contributed by atoms with Crippen LogP contribution in [0.2, 0.25) is 0 Å². The maximum atomic E-state index is 13.4. The Hall–Kier alpha value is -3.26. The topological polar surface area (TPSA) is 78.5 Å². The molecule has 0 fully saturated rings. The van der Waals surface area contributed by atoms with E-state index in [2.05, 4.69) is 21.0 Å². The van der Waals surface area contributed by atoms with Crippen LogP contribution in [0, 0.1) is 0 Å². The number of carbonyl (C=O) groups is 1. The highest BCUT2D eigenvalue weighted by molar-refractivity contribution is 9.10. The van der Waals surface area contributed by atoms with Gasteiger partial charge in [-0.15, -0.1) is 0 Å². The molecule has 170 valence electrons. The fraction of sp³-hybridized carbons (Fsp3) is 0.280. The van der Waals surface area contributed by atoms with Gasteiger partial charge in [-0.2, -0.15) is 9.78 Å². The third-order valence-electron chi connectivity index (χ3n) is 5.52. The molecule has 4 rings (SSSR count). The molecular weight excluding hydrogens is 484 g/mol. The second-order valence-corrected chi connectivity index (χ2v) is 9.83. The van der Waals surface area contributed by atoms with Crippen LogP contribution >= 0.6 is 15.9 Å². The average molecular weight is 509 g/mol. The quantitative estimate of drug-likeness (QED) is 0.286. The molecular formula is C25H25BrN4O3. The van der Waals surface area contributed by atoms with E-state index in [4.69, 9.17) is 9.72 Å². The normalized spacial score (nSPS) is 13.2. The van der Waals surface area contributed by atoms with E-state index < -0.39 is 11.5 Å². The minimum atomic E-state index is -0.505. The molecule has 0 saturated carbocycles. The Morgan fingerprint density at radius 2 is 1.91 bits per heavy atom. The molecule has 0 aliphatic rings. The number of nitrogens with zero attached hydrogens (tertiary/aromatic N) is 4. The fourth-order valence-corrected chi connectivity index (χ4v) is 4.16. The average Bonchev–Trinajstić information content (AvgIpc) is 3.15. The highest BCUT2D eigenvalue weighted by Gasteiger charge is 2.23. The SMILES string of the molecule is COC(=O)[C@H](C)n1cc(C=Nn2c(C(C)(C)C)nc3ccc(Br)cc3c2=O)c2ccccc21. The number of fused-ring (bicyclic) bond motifs is 2. The van der Waals surface area contributed by atoms with Gasteiger partial charge in [-0.25, -0.2) is 9.78 Å². The number of rotatable bonds is 4. The van der Waals surface area contributed by atoms with Crippen LogP contribution in [-0.2, 0) is 14.9 Å². The van der Waals surface area contributed by atoms with E-state index in [1.54, 1.807) is 19.2 Å². The first-order valence-electron chi connectivity index (χ1n) is 10.6. The molecule has 0 saturated heterocycles. The molecule has 0 amide bonds. The van der Waals surface area contributed by atoms with Gasteiger partial charge in [0.2, 0.25) is 0 Å². The molecule has 2 heterocycles. The molecule has 1 atom stereocenters. The molecule has 0 radical (unpaired) electrons. The lowest BCUT2D eigenvalue weighted by Gasteiger charge is -2.20. The van der Waals surface area contributed by atoms with Crippen molar-refractivity contribution < 1.29 is 9.53 Å². The summed E-state index contributed by atoms with van der Waals surface area (Å²) < 4.78 is 8.94. The number of benzene rings is 2. The number of carbonyl (C=O) groups excluding carboxylic acids is 1. The maximum absolute atomic E-state index is 13.4. The number of para-hydroxylation sites is 1. The van der Waals surface area contributed by atoms with Gasteiger partial charge < -0.3 is 9.30 Å². The predicted octanol–water partition coefficient (Wildman–Crippen LogP) is 5.03. The zero-order valence-electron chi connectivity index (χ0n) is 19.2. The Bertz CT molecular complexity index is 1460. The second kappa shape index (κ2) is 8.59. The van der Waals surface area contributed by atoms with E-state index in [-0.39, 0.29) is 11.5 Å². The highest BCUT2D eigenvalue weighted by Crippen LogP contribution is 2.26. The first-order chi connectivity index (χ1) is 15.6. The first-order valence-corrected chi connectivity index (χ1v) is 11.4. The van der Waals surface area contributed by atoms with Gasteiger partial charge >= 0.3 is 5.97 Å². The number of hydrogen-bond acceptors (Lipinski definition) is 5. The largest absolute Gasteiger partial charge is 0.467 e. The molecule has 33 heavy (non-hydrogen) atoms. The van der Waals surface area contributed by atoms with E-state index >= 15 is 0 Å². The van der Waals surface area contributed by atoms with Gasteiger partial charge in [0.05, 0.1) is 24.2 Å². The summed E-state index contributed by atoms with van der Waals surface area (Å²) in [5.41, 5.74) is 1.63. The van der Waals surface area contributed by atoms with E-state index in [0.29, 0.717) is 16.7 Å². The molecule has 0 unspecified atom stereocenters. The van der Waals surface area contributed by atoms with Gasteiger partial charge in [0.25, 0.3) is 5.56 Å². The summed E-state index contributed by atoms with van der Waals surface area (Å²) in [4.78, 5) is 30.3. The zero-order valence-corrected chi connectivity index (χ0v) is 20.8. The van der Waals surface area contributed by atoms with Crippen LogP contribution in [0.15, 0.2) is 63.0 Å². The van der Waals surface area contributed by atoms with Crippen molar-refractivity contribution >= 4 is 49.9 Å². The summed E-state index contributed by atoms with van der Waals surface area (Å²) in [5, 5.41) is 5.98.